The van der Waals surface area contributed by atoms with Crippen molar-refractivity contribution in [2.75, 3.05) is 45.8 Å². The Balaban J connectivity index is 1.19. The van der Waals surface area contributed by atoms with Crippen LogP contribution < -0.4 is 10.6 Å². The van der Waals surface area contributed by atoms with E-state index in [1.807, 2.05) is 0 Å². The molecule has 1 saturated carbocycles. The molecular formula is C21H32N4O2. The Morgan fingerprint density at radius 2 is 1.63 bits per heavy atom. The van der Waals surface area contributed by atoms with Crippen LogP contribution in [0, 0.1) is 5.92 Å². The predicted molar refractivity (Wildman–Crippen MR) is 106 cm³/mol. The first kappa shape index (κ1) is 19.8. The van der Waals surface area contributed by atoms with Gasteiger partial charge in [0.05, 0.1) is 0 Å². The van der Waals surface area contributed by atoms with Gasteiger partial charge in [0, 0.05) is 64.7 Å². The van der Waals surface area contributed by atoms with E-state index >= 15 is 0 Å². The van der Waals surface area contributed by atoms with Gasteiger partial charge in [-0.25, -0.2) is 0 Å². The highest BCUT2D eigenvalue weighted by atomic mass is 16.2. The average molecular weight is 373 g/mol. The van der Waals surface area contributed by atoms with Gasteiger partial charge in [-0.05, 0) is 24.8 Å². The Bertz CT molecular complexity index is 595. The summed E-state index contributed by atoms with van der Waals surface area (Å²) in [5.74, 6) is 0.479. The van der Waals surface area contributed by atoms with Crippen LogP contribution in [0.4, 0.5) is 0 Å². The summed E-state index contributed by atoms with van der Waals surface area (Å²) in [6.45, 7) is 7.48. The summed E-state index contributed by atoms with van der Waals surface area (Å²) in [4.78, 5) is 28.3. The molecule has 2 fully saturated rings. The number of hydrogen-bond acceptors (Lipinski definition) is 4. The van der Waals surface area contributed by atoms with Gasteiger partial charge in [0.25, 0.3) is 0 Å². The molecule has 3 rings (SSSR count). The summed E-state index contributed by atoms with van der Waals surface area (Å²) >= 11 is 0. The van der Waals surface area contributed by atoms with E-state index < -0.39 is 0 Å². The molecule has 6 nitrogen and oxygen atoms in total. The summed E-state index contributed by atoms with van der Waals surface area (Å²) in [7, 11) is 0. The molecule has 1 aliphatic heterocycles. The normalized spacial score (nSPS) is 18.2. The molecule has 0 aromatic heterocycles. The van der Waals surface area contributed by atoms with Crippen molar-refractivity contribution in [1.29, 1.82) is 0 Å². The zero-order valence-corrected chi connectivity index (χ0v) is 16.2. The van der Waals surface area contributed by atoms with Gasteiger partial charge in [-0.2, -0.15) is 0 Å². The van der Waals surface area contributed by atoms with Gasteiger partial charge in [0.2, 0.25) is 11.8 Å². The molecule has 6 heteroatoms. The van der Waals surface area contributed by atoms with E-state index in [4.69, 9.17) is 0 Å². The first-order valence-electron chi connectivity index (χ1n) is 10.2. The molecule has 148 valence electrons. The zero-order chi connectivity index (χ0) is 18.9. The quantitative estimate of drug-likeness (QED) is 0.607. The molecule has 1 heterocycles. The monoisotopic (exact) mass is 372 g/mol. The lowest BCUT2D eigenvalue weighted by atomic mass is 10.2. The highest BCUT2D eigenvalue weighted by Gasteiger charge is 2.29. The molecule has 0 unspecified atom stereocenters. The van der Waals surface area contributed by atoms with Gasteiger partial charge in [0.1, 0.15) is 0 Å². The van der Waals surface area contributed by atoms with Crippen molar-refractivity contribution in [2.24, 2.45) is 5.92 Å². The second-order valence-electron chi connectivity index (χ2n) is 7.62. The second kappa shape index (κ2) is 10.4. The number of nitrogens with one attached hydrogen (secondary N) is 2. The van der Waals surface area contributed by atoms with E-state index in [-0.39, 0.29) is 17.7 Å². The van der Waals surface area contributed by atoms with E-state index in [2.05, 4.69) is 50.8 Å². The van der Waals surface area contributed by atoms with Crippen molar-refractivity contribution in [3.8, 4) is 0 Å². The second-order valence-corrected chi connectivity index (χ2v) is 7.62. The van der Waals surface area contributed by atoms with Crippen LogP contribution in [0.5, 0.6) is 0 Å². The van der Waals surface area contributed by atoms with Gasteiger partial charge in [-0.15, -0.1) is 0 Å². The van der Waals surface area contributed by atoms with E-state index in [0.29, 0.717) is 25.9 Å². The Hall–Kier alpha value is -1.92. The summed E-state index contributed by atoms with van der Waals surface area (Å²) in [6.07, 6.45) is 3.23. The maximum Gasteiger partial charge on any atom is 0.223 e. The fourth-order valence-corrected chi connectivity index (χ4v) is 3.40. The maximum atomic E-state index is 11.9. The molecule has 1 saturated heterocycles. The van der Waals surface area contributed by atoms with Crippen LogP contribution in [-0.4, -0.2) is 67.4 Å². The largest absolute Gasteiger partial charge is 0.356 e. The standard InChI is InChI=1S/C21H32N4O2/c26-20(7-4-10-23-21(27)19-8-9-19)22-11-12-24-13-15-25(16-14-24)17-18-5-2-1-3-6-18/h1-3,5-6,19H,4,7-17H2,(H,22,26)(H,23,27). The lowest BCUT2D eigenvalue weighted by Gasteiger charge is -2.34. The van der Waals surface area contributed by atoms with Crippen LogP contribution in [0.2, 0.25) is 0 Å². The van der Waals surface area contributed by atoms with Gasteiger partial charge in [-0.1, -0.05) is 30.3 Å². The number of nitrogens with zero attached hydrogens (tertiary/aromatic N) is 2. The Morgan fingerprint density at radius 3 is 2.33 bits per heavy atom. The fraction of sp³-hybridized carbons (Fsp3) is 0.619. The molecule has 2 amide bonds. The Morgan fingerprint density at radius 1 is 0.926 bits per heavy atom. The van der Waals surface area contributed by atoms with Gasteiger partial charge in [0.15, 0.2) is 0 Å². The van der Waals surface area contributed by atoms with Crippen LogP contribution in [0.15, 0.2) is 30.3 Å². The highest BCUT2D eigenvalue weighted by molar-refractivity contribution is 5.81. The highest BCUT2D eigenvalue weighted by Crippen LogP contribution is 2.28. The molecule has 2 N–H and O–H groups in total. The minimum atomic E-state index is 0.0818. The van der Waals surface area contributed by atoms with E-state index in [1.165, 1.54) is 5.56 Å². The van der Waals surface area contributed by atoms with Gasteiger partial charge in [-0.3, -0.25) is 19.4 Å². The number of piperazine rings is 1. The van der Waals surface area contributed by atoms with Crippen molar-refractivity contribution in [1.82, 2.24) is 20.4 Å². The number of hydrogen-bond donors (Lipinski definition) is 2. The van der Waals surface area contributed by atoms with Crippen molar-refractivity contribution in [3.63, 3.8) is 0 Å². The zero-order valence-electron chi connectivity index (χ0n) is 16.2. The number of carbonyl (C=O) groups excluding carboxylic acids is 2. The van der Waals surface area contributed by atoms with Crippen LogP contribution in [-0.2, 0) is 16.1 Å². The summed E-state index contributed by atoms with van der Waals surface area (Å²) < 4.78 is 0. The summed E-state index contributed by atoms with van der Waals surface area (Å²) in [5, 5.41) is 5.89. The van der Waals surface area contributed by atoms with Crippen molar-refractivity contribution in [3.05, 3.63) is 35.9 Å². The third-order valence-corrected chi connectivity index (χ3v) is 5.29. The molecule has 0 radical (unpaired) electrons. The Labute approximate surface area is 162 Å². The van der Waals surface area contributed by atoms with Crippen molar-refractivity contribution < 1.29 is 9.59 Å². The van der Waals surface area contributed by atoms with Crippen molar-refractivity contribution >= 4 is 11.8 Å². The number of rotatable bonds is 10. The topological polar surface area (TPSA) is 64.7 Å². The minimum absolute atomic E-state index is 0.0818. The third-order valence-electron chi connectivity index (χ3n) is 5.29. The molecule has 0 bridgehead atoms. The molecule has 1 aliphatic carbocycles. The number of amides is 2. The first-order chi connectivity index (χ1) is 13.2. The fourth-order valence-electron chi connectivity index (χ4n) is 3.40. The number of carbonyl (C=O) groups is 2. The van der Waals surface area contributed by atoms with Gasteiger partial charge >= 0.3 is 0 Å². The third kappa shape index (κ3) is 7.31. The maximum absolute atomic E-state index is 11.9. The van der Waals surface area contributed by atoms with Gasteiger partial charge < -0.3 is 10.6 Å². The lowest BCUT2D eigenvalue weighted by molar-refractivity contribution is -0.123. The summed E-state index contributed by atoms with van der Waals surface area (Å²) in [5.41, 5.74) is 1.37. The lowest BCUT2D eigenvalue weighted by Crippen LogP contribution is -2.48. The first-order valence-corrected chi connectivity index (χ1v) is 10.2. The van der Waals surface area contributed by atoms with E-state index in [9.17, 15) is 9.59 Å². The SMILES string of the molecule is O=C(CCCNC(=O)C1CC1)NCCN1CCN(Cc2ccccc2)CC1. The number of benzene rings is 1. The van der Waals surface area contributed by atoms with E-state index in [1.54, 1.807) is 0 Å². The minimum Gasteiger partial charge on any atom is -0.356 e. The van der Waals surface area contributed by atoms with Crippen LogP contribution in [0.3, 0.4) is 0 Å². The molecule has 0 spiro atoms. The van der Waals surface area contributed by atoms with Crippen LogP contribution >= 0.6 is 0 Å². The molecule has 0 atom stereocenters. The van der Waals surface area contributed by atoms with Crippen LogP contribution in [0.25, 0.3) is 0 Å². The smallest absolute Gasteiger partial charge is 0.223 e. The van der Waals surface area contributed by atoms with Crippen molar-refractivity contribution in [2.45, 2.75) is 32.2 Å². The molecule has 1 aromatic rings. The predicted octanol–water partition coefficient (Wildman–Crippen LogP) is 1.23. The van der Waals surface area contributed by atoms with E-state index in [0.717, 1.165) is 52.1 Å². The summed E-state index contributed by atoms with van der Waals surface area (Å²) in [6, 6.07) is 10.6. The molecule has 1 aromatic carbocycles. The average Bonchev–Trinajstić information content (AvgIpc) is 3.53. The molecule has 2 aliphatic rings. The molecular weight excluding hydrogens is 340 g/mol. The van der Waals surface area contributed by atoms with Crippen LogP contribution in [0.1, 0.15) is 31.2 Å². The Kier molecular flexibility index (Phi) is 7.66. The molecule has 27 heavy (non-hydrogen) atoms.